The smallest absolute Gasteiger partial charge is 0.0347 e. The molecule has 0 amide bonds. The lowest BCUT2D eigenvalue weighted by Gasteiger charge is -2.08. The highest BCUT2D eigenvalue weighted by atomic mass is 14.6. The Morgan fingerprint density at radius 2 is 1.71 bits per heavy atom. The third-order valence-electron chi connectivity index (χ3n) is 3.49. The zero-order valence-electron chi connectivity index (χ0n) is 9.35. The molecule has 1 aliphatic carbocycles. The largest absolute Gasteiger partial charge is 0.263 e. The fourth-order valence-electron chi connectivity index (χ4n) is 2.72. The molecule has 1 aromatic heterocycles. The fourth-order valence-corrected chi connectivity index (χ4v) is 2.72. The van der Waals surface area contributed by atoms with E-state index in [1.165, 1.54) is 32.3 Å². The Hall–Kier alpha value is -2.15. The van der Waals surface area contributed by atoms with Gasteiger partial charge in [0.05, 0.1) is 0 Å². The van der Waals surface area contributed by atoms with E-state index >= 15 is 0 Å². The molecule has 17 heavy (non-hydrogen) atoms. The lowest BCUT2D eigenvalue weighted by Crippen LogP contribution is -2.03. The highest BCUT2D eigenvalue weighted by molar-refractivity contribution is 6.12. The van der Waals surface area contributed by atoms with E-state index in [4.69, 9.17) is 0 Å². The molecule has 0 spiro atoms. The summed E-state index contributed by atoms with van der Waals surface area (Å²) in [6.07, 6.45) is 11.6. The molecular formula is C16H11N. The molecule has 0 N–H and O–H groups in total. The zero-order chi connectivity index (χ0) is 11.2. The third-order valence-corrected chi connectivity index (χ3v) is 3.49. The molecule has 3 aromatic rings. The summed E-state index contributed by atoms with van der Waals surface area (Å²) in [5.74, 6) is 0. The van der Waals surface area contributed by atoms with Gasteiger partial charge >= 0.3 is 0 Å². The Labute approximate surface area is 99.1 Å². The van der Waals surface area contributed by atoms with Gasteiger partial charge in [-0.1, -0.05) is 42.5 Å². The molecule has 1 aliphatic rings. The van der Waals surface area contributed by atoms with Gasteiger partial charge in [-0.05, 0) is 22.6 Å². The molecular weight excluding hydrogens is 206 g/mol. The summed E-state index contributed by atoms with van der Waals surface area (Å²) in [6, 6.07) is 8.73. The van der Waals surface area contributed by atoms with E-state index in [0.29, 0.717) is 0 Å². The molecule has 4 rings (SSSR count). The number of hydrogen-bond acceptors (Lipinski definition) is 1. The summed E-state index contributed by atoms with van der Waals surface area (Å²) in [7, 11) is 0. The van der Waals surface area contributed by atoms with Crippen LogP contribution in [0, 0.1) is 0 Å². The van der Waals surface area contributed by atoms with Crippen molar-refractivity contribution in [2.75, 3.05) is 0 Å². The molecule has 80 valence electrons. The number of allylic oxidation sites excluding steroid dienone is 1. The standard InChI is InChI=1S/C16H11N/c1-2-4-12-6-8-14-10-17-9-13-7-5-11(3-1)15(12)16(13)14/h1,3-10H,2H2. The summed E-state index contributed by atoms with van der Waals surface area (Å²) in [5, 5.41) is 6.52. The van der Waals surface area contributed by atoms with Gasteiger partial charge < -0.3 is 0 Å². The molecule has 1 nitrogen and oxygen atoms in total. The number of benzene rings is 2. The van der Waals surface area contributed by atoms with Gasteiger partial charge in [-0.15, -0.1) is 0 Å². The normalized spacial score (nSPS) is 13.9. The number of rotatable bonds is 0. The third kappa shape index (κ3) is 1.17. The van der Waals surface area contributed by atoms with Crippen LogP contribution in [0.1, 0.15) is 12.0 Å². The van der Waals surface area contributed by atoms with Crippen LogP contribution in [-0.2, 0) is 0 Å². The Bertz CT molecular complexity index is 797. The summed E-state index contributed by atoms with van der Waals surface area (Å²) in [6.45, 7) is 0. The second kappa shape index (κ2) is 3.17. The van der Waals surface area contributed by atoms with Crippen LogP contribution in [0.2, 0.25) is 0 Å². The van der Waals surface area contributed by atoms with E-state index in [2.05, 4.69) is 47.5 Å². The van der Waals surface area contributed by atoms with Crippen molar-refractivity contribution in [3.05, 3.63) is 53.5 Å². The van der Waals surface area contributed by atoms with Gasteiger partial charge in [0, 0.05) is 28.6 Å². The van der Waals surface area contributed by atoms with Crippen LogP contribution in [0.5, 0.6) is 0 Å². The van der Waals surface area contributed by atoms with Crippen molar-refractivity contribution in [2.45, 2.75) is 6.42 Å². The maximum atomic E-state index is 4.29. The van der Waals surface area contributed by atoms with Crippen LogP contribution in [0.25, 0.3) is 33.7 Å². The quantitative estimate of drug-likeness (QED) is 0.563. The van der Waals surface area contributed by atoms with E-state index in [1.807, 2.05) is 12.4 Å². The topological polar surface area (TPSA) is 12.9 Å². The molecule has 0 unspecified atom stereocenters. The molecule has 0 aliphatic heterocycles. The Kier molecular flexibility index (Phi) is 1.67. The van der Waals surface area contributed by atoms with Gasteiger partial charge in [-0.25, -0.2) is 0 Å². The first-order chi connectivity index (χ1) is 8.43. The highest BCUT2D eigenvalue weighted by Gasteiger charge is 2.07. The van der Waals surface area contributed by atoms with Gasteiger partial charge in [-0.2, -0.15) is 0 Å². The predicted octanol–water partition coefficient (Wildman–Crippen LogP) is 3.30. The summed E-state index contributed by atoms with van der Waals surface area (Å²) < 4.78 is 0. The maximum absolute atomic E-state index is 4.29. The second-order valence-electron chi connectivity index (χ2n) is 4.49. The first kappa shape index (κ1) is 8.94. The lowest BCUT2D eigenvalue weighted by molar-refractivity contribution is 1.38. The summed E-state index contributed by atoms with van der Waals surface area (Å²) in [4.78, 5) is 4.29. The van der Waals surface area contributed by atoms with Crippen molar-refractivity contribution in [3.8, 4) is 0 Å². The van der Waals surface area contributed by atoms with Crippen LogP contribution in [0.4, 0.5) is 0 Å². The second-order valence-corrected chi connectivity index (χ2v) is 4.49. The van der Waals surface area contributed by atoms with Crippen molar-refractivity contribution in [1.29, 1.82) is 0 Å². The minimum Gasteiger partial charge on any atom is -0.263 e. The number of pyridine rings is 1. The Morgan fingerprint density at radius 1 is 0.882 bits per heavy atom. The minimum atomic E-state index is 1.01. The molecule has 0 radical (unpaired) electrons. The molecule has 0 bridgehead atoms. The first-order valence-electron chi connectivity index (χ1n) is 5.89. The molecule has 0 atom stereocenters. The molecule has 0 fully saturated rings. The average molecular weight is 217 g/mol. The van der Waals surface area contributed by atoms with Crippen LogP contribution in [-0.4, -0.2) is 4.98 Å². The van der Waals surface area contributed by atoms with Gasteiger partial charge in [0.25, 0.3) is 0 Å². The monoisotopic (exact) mass is 217 g/mol. The summed E-state index contributed by atoms with van der Waals surface area (Å²) in [5.41, 5.74) is 1.32. The predicted molar refractivity (Wildman–Crippen MR) is 72.6 cm³/mol. The fraction of sp³-hybridized carbons (Fsp3) is 0.0625. The van der Waals surface area contributed by atoms with Crippen molar-refractivity contribution in [1.82, 2.24) is 4.98 Å². The Morgan fingerprint density at radius 3 is 2.59 bits per heavy atom. The minimum absolute atomic E-state index is 1.01. The lowest BCUT2D eigenvalue weighted by atomic mass is 9.97. The summed E-state index contributed by atoms with van der Waals surface area (Å²) >= 11 is 0. The first-order valence-corrected chi connectivity index (χ1v) is 5.89. The van der Waals surface area contributed by atoms with Crippen molar-refractivity contribution < 1.29 is 0 Å². The van der Waals surface area contributed by atoms with Crippen molar-refractivity contribution in [2.24, 2.45) is 0 Å². The van der Waals surface area contributed by atoms with Crippen molar-refractivity contribution in [3.63, 3.8) is 0 Å². The Balaban J connectivity index is 2.43. The number of hydrogen-bond donors (Lipinski definition) is 0. The van der Waals surface area contributed by atoms with Crippen LogP contribution in [0.15, 0.2) is 42.7 Å². The van der Waals surface area contributed by atoms with E-state index in [1.54, 1.807) is 0 Å². The van der Waals surface area contributed by atoms with Crippen LogP contribution >= 0.6 is 0 Å². The van der Waals surface area contributed by atoms with E-state index in [-0.39, 0.29) is 0 Å². The molecule has 1 heterocycles. The van der Waals surface area contributed by atoms with E-state index in [0.717, 1.165) is 6.42 Å². The van der Waals surface area contributed by atoms with Crippen LogP contribution < -0.4 is 5.22 Å². The molecule has 0 saturated carbocycles. The van der Waals surface area contributed by atoms with Crippen LogP contribution in [0.3, 0.4) is 0 Å². The van der Waals surface area contributed by atoms with Gasteiger partial charge in [0.1, 0.15) is 0 Å². The maximum Gasteiger partial charge on any atom is 0.0347 e. The highest BCUT2D eigenvalue weighted by Crippen LogP contribution is 2.27. The number of nitrogens with zero attached hydrogens (tertiary/aromatic N) is 1. The molecule has 0 saturated heterocycles. The average Bonchev–Trinajstić information content (AvgIpc) is 2.59. The van der Waals surface area contributed by atoms with Gasteiger partial charge in [0.2, 0.25) is 0 Å². The zero-order valence-corrected chi connectivity index (χ0v) is 9.35. The molecule has 1 heteroatoms. The van der Waals surface area contributed by atoms with Crippen molar-refractivity contribution >= 4 is 33.7 Å². The molecule has 2 aromatic carbocycles. The SMILES string of the molecule is C1=Cc2ccc3cncc4ccc(c2c34)=CC1. The van der Waals surface area contributed by atoms with E-state index < -0.39 is 0 Å². The van der Waals surface area contributed by atoms with Gasteiger partial charge in [-0.3, -0.25) is 4.98 Å². The van der Waals surface area contributed by atoms with Gasteiger partial charge in [0.15, 0.2) is 0 Å². The van der Waals surface area contributed by atoms with E-state index in [9.17, 15) is 0 Å². The number of aromatic nitrogens is 1.